The molecule has 2 amide bonds. The van der Waals surface area contributed by atoms with Crippen LogP contribution >= 0.6 is 35.3 Å². The molecule has 2 aliphatic heterocycles. The van der Waals surface area contributed by atoms with Gasteiger partial charge in [-0.15, -0.1) is 28.6 Å². The Bertz CT molecular complexity index is 896. The first-order valence-corrected chi connectivity index (χ1v) is 11.2. The van der Waals surface area contributed by atoms with E-state index in [0.717, 1.165) is 11.8 Å². The average molecular weight is 442 g/mol. The van der Waals surface area contributed by atoms with Crippen LogP contribution in [0, 0.1) is 11.3 Å². The maximum atomic E-state index is 12.5. The lowest BCUT2D eigenvalue weighted by atomic mass is 10.0. The number of nitrogens with zero attached hydrogens (tertiary/aromatic N) is 6. The first kappa shape index (κ1) is 20.5. The highest BCUT2D eigenvalue weighted by Gasteiger charge is 2.54. The van der Waals surface area contributed by atoms with Crippen molar-refractivity contribution in [2.45, 2.75) is 21.8 Å². The van der Waals surface area contributed by atoms with Gasteiger partial charge in [0.15, 0.2) is 5.25 Å². The van der Waals surface area contributed by atoms with Gasteiger partial charge < -0.3 is 10.4 Å². The maximum absolute atomic E-state index is 12.5. The van der Waals surface area contributed by atoms with Gasteiger partial charge in [0.05, 0.1) is 6.07 Å². The van der Waals surface area contributed by atoms with Gasteiger partial charge in [0.1, 0.15) is 17.1 Å². The van der Waals surface area contributed by atoms with Crippen molar-refractivity contribution in [2.24, 2.45) is 7.05 Å². The highest BCUT2D eigenvalue weighted by molar-refractivity contribution is 8.01. The van der Waals surface area contributed by atoms with Crippen molar-refractivity contribution < 1.29 is 19.5 Å². The zero-order valence-corrected chi connectivity index (χ0v) is 17.2. The second-order valence-electron chi connectivity index (χ2n) is 5.77. The molecule has 1 aromatic rings. The highest BCUT2D eigenvalue weighted by atomic mass is 32.2. The third-order valence-electron chi connectivity index (χ3n) is 4.10. The molecule has 2 unspecified atom stereocenters. The number of tetrazole rings is 1. The van der Waals surface area contributed by atoms with E-state index in [1.54, 1.807) is 13.3 Å². The summed E-state index contributed by atoms with van der Waals surface area (Å²) in [5.74, 6) is -1.53. The Morgan fingerprint density at radius 2 is 2.29 bits per heavy atom. The Morgan fingerprint density at radius 3 is 2.86 bits per heavy atom. The number of aryl methyl sites for hydroxylation is 1. The van der Waals surface area contributed by atoms with Crippen LogP contribution in [0.1, 0.15) is 0 Å². The van der Waals surface area contributed by atoms with Crippen molar-refractivity contribution in [3.8, 4) is 6.07 Å². The lowest BCUT2D eigenvalue weighted by molar-refractivity contribution is -0.150. The largest absolute Gasteiger partial charge is 0.477 e. The molecule has 1 saturated heterocycles. The number of rotatable bonds is 7. The molecule has 0 bridgehead atoms. The van der Waals surface area contributed by atoms with Gasteiger partial charge in [-0.3, -0.25) is 14.5 Å². The van der Waals surface area contributed by atoms with Crippen LogP contribution in [-0.4, -0.2) is 82.4 Å². The molecule has 3 rings (SSSR count). The number of carbonyl (C=O) groups excluding carboxylic acids is 2. The van der Waals surface area contributed by atoms with Crippen LogP contribution in [0.3, 0.4) is 0 Å². The summed E-state index contributed by atoms with van der Waals surface area (Å²) in [5, 5.41) is 31.4. The van der Waals surface area contributed by atoms with Crippen molar-refractivity contribution in [2.75, 3.05) is 17.8 Å². The van der Waals surface area contributed by atoms with E-state index in [1.807, 2.05) is 6.07 Å². The SMILES string of the molecule is CSC(C#N)C(=O)NC1C(=O)N2C(C(=O)O)=C(CSc3nnnn3C)CS[C@@H]12. The summed E-state index contributed by atoms with van der Waals surface area (Å²) in [6.45, 7) is 0. The van der Waals surface area contributed by atoms with E-state index in [2.05, 4.69) is 20.8 Å². The first-order chi connectivity index (χ1) is 13.4. The van der Waals surface area contributed by atoms with E-state index in [9.17, 15) is 19.5 Å². The molecular formula is C14H15N7O4S3. The summed E-state index contributed by atoms with van der Waals surface area (Å²) in [6.07, 6.45) is 1.62. The number of thioether (sulfide) groups is 3. The summed E-state index contributed by atoms with van der Waals surface area (Å²) in [4.78, 5) is 37.6. The molecule has 14 heteroatoms. The van der Waals surface area contributed by atoms with Gasteiger partial charge in [-0.25, -0.2) is 9.48 Å². The molecule has 148 valence electrons. The maximum Gasteiger partial charge on any atom is 0.352 e. The molecule has 0 aromatic carbocycles. The fourth-order valence-electron chi connectivity index (χ4n) is 2.74. The van der Waals surface area contributed by atoms with Gasteiger partial charge in [-0.05, 0) is 22.3 Å². The van der Waals surface area contributed by atoms with E-state index in [0.29, 0.717) is 22.2 Å². The smallest absolute Gasteiger partial charge is 0.352 e. The Kier molecular flexibility index (Phi) is 6.16. The molecule has 1 aromatic heterocycles. The second kappa shape index (κ2) is 8.41. The van der Waals surface area contributed by atoms with Gasteiger partial charge in [0.25, 0.3) is 5.91 Å². The molecule has 2 N–H and O–H groups in total. The molecule has 0 radical (unpaired) electrons. The lowest BCUT2D eigenvalue weighted by Crippen LogP contribution is -2.71. The standard InChI is InChI=1S/C14H15N7O4S3/c1-20-14(17-18-19-20)28-5-6-4-27-12-8(16-10(22)7(3-15)26-2)11(23)21(12)9(6)13(24)25/h7-8,12H,4-5H2,1-2H3,(H,16,22)(H,24,25)/t7?,8?,12-/m0/s1. The number of aliphatic carboxylic acids is 1. The number of amides is 2. The Balaban J connectivity index is 1.74. The molecule has 0 aliphatic carbocycles. The number of fused-ring (bicyclic) bond motifs is 1. The van der Waals surface area contributed by atoms with Crippen molar-refractivity contribution in [1.29, 1.82) is 5.26 Å². The van der Waals surface area contributed by atoms with Crippen LogP contribution in [0.5, 0.6) is 0 Å². The number of nitriles is 1. The van der Waals surface area contributed by atoms with Crippen LogP contribution < -0.4 is 5.32 Å². The first-order valence-electron chi connectivity index (χ1n) is 7.87. The molecule has 2 aliphatic rings. The zero-order valence-electron chi connectivity index (χ0n) is 14.7. The molecule has 1 fully saturated rings. The summed E-state index contributed by atoms with van der Waals surface area (Å²) in [5.41, 5.74) is 0.516. The van der Waals surface area contributed by atoms with Gasteiger partial charge in [0.2, 0.25) is 11.1 Å². The minimum absolute atomic E-state index is 0.0661. The quantitative estimate of drug-likeness (QED) is 0.407. The number of carbonyl (C=O) groups is 3. The fraction of sp³-hybridized carbons (Fsp3) is 0.500. The Labute approximate surface area is 172 Å². The van der Waals surface area contributed by atoms with Gasteiger partial charge in [-0.2, -0.15) is 5.26 Å². The molecule has 28 heavy (non-hydrogen) atoms. The molecular weight excluding hydrogens is 426 g/mol. The third kappa shape index (κ3) is 3.69. The van der Waals surface area contributed by atoms with E-state index < -0.39 is 34.4 Å². The monoisotopic (exact) mass is 441 g/mol. The van der Waals surface area contributed by atoms with Crippen molar-refractivity contribution in [3.05, 3.63) is 11.3 Å². The predicted octanol–water partition coefficient (Wildman–Crippen LogP) is -0.704. The summed E-state index contributed by atoms with van der Waals surface area (Å²) in [6, 6.07) is 1.01. The third-order valence-corrected chi connectivity index (χ3v) is 7.32. The lowest BCUT2D eigenvalue weighted by Gasteiger charge is -2.49. The molecule has 3 atom stereocenters. The number of nitrogens with one attached hydrogen (secondary N) is 1. The minimum atomic E-state index is -1.20. The number of aromatic nitrogens is 4. The van der Waals surface area contributed by atoms with E-state index in [1.165, 1.54) is 33.1 Å². The van der Waals surface area contributed by atoms with Crippen LogP contribution in [0.25, 0.3) is 0 Å². The summed E-state index contributed by atoms with van der Waals surface area (Å²) >= 11 is 3.72. The average Bonchev–Trinajstić information content (AvgIpc) is 3.09. The highest BCUT2D eigenvalue weighted by Crippen LogP contribution is 2.41. The predicted molar refractivity (Wildman–Crippen MR) is 102 cm³/mol. The van der Waals surface area contributed by atoms with Gasteiger partial charge in [-0.1, -0.05) is 11.8 Å². The van der Waals surface area contributed by atoms with E-state index in [4.69, 9.17) is 5.26 Å². The number of carboxylic acid groups (broad SMARTS) is 1. The van der Waals surface area contributed by atoms with Crippen LogP contribution in [0.2, 0.25) is 0 Å². The van der Waals surface area contributed by atoms with Gasteiger partial charge >= 0.3 is 5.97 Å². The number of β-lactam (4-membered cyclic amide) rings is 1. The van der Waals surface area contributed by atoms with Crippen LogP contribution in [0.4, 0.5) is 0 Å². The van der Waals surface area contributed by atoms with E-state index in [-0.39, 0.29) is 5.70 Å². The Hall–Kier alpha value is -2.24. The number of carboxylic acids is 1. The van der Waals surface area contributed by atoms with Crippen LogP contribution in [0.15, 0.2) is 16.4 Å². The van der Waals surface area contributed by atoms with Crippen LogP contribution in [-0.2, 0) is 21.4 Å². The number of hydrogen-bond acceptors (Lipinski definition) is 10. The molecule has 3 heterocycles. The molecule has 11 nitrogen and oxygen atoms in total. The van der Waals surface area contributed by atoms with Crippen molar-refractivity contribution in [1.82, 2.24) is 30.4 Å². The molecule has 0 spiro atoms. The van der Waals surface area contributed by atoms with E-state index >= 15 is 0 Å². The zero-order chi connectivity index (χ0) is 20.4. The second-order valence-corrected chi connectivity index (χ2v) is 8.76. The summed E-state index contributed by atoms with van der Waals surface area (Å²) in [7, 11) is 1.68. The molecule has 0 saturated carbocycles. The minimum Gasteiger partial charge on any atom is -0.477 e. The van der Waals surface area contributed by atoms with Gasteiger partial charge in [0, 0.05) is 18.6 Å². The van der Waals surface area contributed by atoms with Crippen molar-refractivity contribution in [3.63, 3.8) is 0 Å². The fourth-order valence-corrected chi connectivity index (χ4v) is 5.46. The Morgan fingerprint density at radius 1 is 1.54 bits per heavy atom. The van der Waals surface area contributed by atoms with Crippen molar-refractivity contribution >= 4 is 53.1 Å². The topological polar surface area (TPSA) is 154 Å². The number of hydrogen-bond donors (Lipinski definition) is 2. The normalized spacial score (nSPS) is 22.2. The summed E-state index contributed by atoms with van der Waals surface area (Å²) < 4.78 is 1.47.